The van der Waals surface area contributed by atoms with Gasteiger partial charge < -0.3 is 4.74 Å². The first-order valence-corrected chi connectivity index (χ1v) is 4.84. The molecule has 0 aromatic carbocycles. The molecule has 70 valence electrons. The molecule has 1 unspecified atom stereocenters. The molecule has 5 nitrogen and oxygen atoms in total. The number of amides is 2. The normalized spacial score (nSPS) is 28.5. The number of hydrogen-bond acceptors (Lipinski definition) is 5. The van der Waals surface area contributed by atoms with E-state index in [0.29, 0.717) is 13.0 Å². The third-order valence-electron chi connectivity index (χ3n) is 2.00. The van der Waals surface area contributed by atoms with Crippen LogP contribution in [-0.4, -0.2) is 40.4 Å². The molecular weight excluding hydrogens is 194 g/mol. The highest BCUT2D eigenvalue weighted by molar-refractivity contribution is 8.14. The highest BCUT2D eigenvalue weighted by Gasteiger charge is 2.42. The van der Waals surface area contributed by atoms with E-state index in [2.05, 4.69) is 4.74 Å². The van der Waals surface area contributed by atoms with E-state index >= 15 is 0 Å². The van der Waals surface area contributed by atoms with Gasteiger partial charge in [-0.25, -0.2) is 4.79 Å². The Morgan fingerprint density at radius 3 is 2.62 bits per heavy atom. The van der Waals surface area contributed by atoms with Crippen LogP contribution in [0.4, 0.5) is 4.79 Å². The number of hydrogen-bond donors (Lipinski definition) is 0. The maximum absolute atomic E-state index is 11.2. The van der Waals surface area contributed by atoms with Gasteiger partial charge >= 0.3 is 5.97 Å². The summed E-state index contributed by atoms with van der Waals surface area (Å²) in [5.41, 5.74) is 0. The highest BCUT2D eigenvalue weighted by atomic mass is 32.2. The van der Waals surface area contributed by atoms with Gasteiger partial charge in [-0.15, -0.1) is 0 Å². The Hall–Kier alpha value is -1.04. The van der Waals surface area contributed by atoms with E-state index in [0.717, 1.165) is 16.7 Å². The van der Waals surface area contributed by atoms with Crippen molar-refractivity contribution in [2.45, 2.75) is 12.5 Å². The summed E-state index contributed by atoms with van der Waals surface area (Å²) in [6.45, 7) is 0.297. The largest absolute Gasteiger partial charge is 0.464 e. The first-order valence-electron chi connectivity index (χ1n) is 3.85. The van der Waals surface area contributed by atoms with Crippen molar-refractivity contribution in [2.75, 3.05) is 12.4 Å². The third kappa shape index (κ3) is 1.31. The number of rotatable bonds is 1. The number of carbonyl (C=O) groups excluding carboxylic acids is 3. The van der Waals surface area contributed by atoms with Crippen molar-refractivity contribution in [1.29, 1.82) is 0 Å². The van der Waals surface area contributed by atoms with E-state index in [-0.39, 0.29) is 16.9 Å². The first kappa shape index (κ1) is 8.55. The maximum atomic E-state index is 11.2. The number of nitrogens with zero attached hydrogens (tertiary/aromatic N) is 1. The second kappa shape index (κ2) is 3.02. The van der Waals surface area contributed by atoms with E-state index in [1.54, 1.807) is 0 Å². The van der Waals surface area contributed by atoms with Crippen molar-refractivity contribution in [2.24, 2.45) is 0 Å². The van der Waals surface area contributed by atoms with Gasteiger partial charge in [0.15, 0.2) is 0 Å². The molecule has 2 rings (SSSR count). The Kier molecular flexibility index (Phi) is 1.99. The SMILES string of the molecule is O=C1OCCC1N1C(=O)CSC1=O. The van der Waals surface area contributed by atoms with Gasteiger partial charge in [-0.2, -0.15) is 0 Å². The van der Waals surface area contributed by atoms with Crippen LogP contribution in [0.1, 0.15) is 6.42 Å². The predicted octanol–water partition coefficient (Wildman–Crippen LogP) is -0.00270. The topological polar surface area (TPSA) is 63.7 Å². The van der Waals surface area contributed by atoms with E-state index in [4.69, 9.17) is 0 Å². The van der Waals surface area contributed by atoms with Gasteiger partial charge in [0.2, 0.25) is 5.91 Å². The predicted molar refractivity (Wildman–Crippen MR) is 44.1 cm³/mol. The van der Waals surface area contributed by atoms with Crippen molar-refractivity contribution in [3.8, 4) is 0 Å². The monoisotopic (exact) mass is 201 g/mol. The lowest BCUT2D eigenvalue weighted by atomic mass is 10.2. The molecule has 1 atom stereocenters. The van der Waals surface area contributed by atoms with Crippen LogP contribution in [0, 0.1) is 0 Å². The van der Waals surface area contributed by atoms with Gasteiger partial charge in [-0.1, -0.05) is 11.8 Å². The third-order valence-corrected chi connectivity index (χ3v) is 2.84. The molecular formula is C7H7NO4S. The van der Waals surface area contributed by atoms with Gasteiger partial charge in [0.25, 0.3) is 5.24 Å². The van der Waals surface area contributed by atoms with Crippen molar-refractivity contribution >= 4 is 28.9 Å². The van der Waals surface area contributed by atoms with Crippen LogP contribution in [0.3, 0.4) is 0 Å². The minimum absolute atomic E-state index is 0.141. The summed E-state index contributed by atoms with van der Waals surface area (Å²) in [7, 11) is 0. The van der Waals surface area contributed by atoms with Crippen LogP contribution in [-0.2, 0) is 14.3 Å². The van der Waals surface area contributed by atoms with Crippen molar-refractivity contribution in [3.63, 3.8) is 0 Å². The van der Waals surface area contributed by atoms with Crippen LogP contribution in [0.2, 0.25) is 0 Å². The minimum Gasteiger partial charge on any atom is -0.464 e. The molecule has 0 aromatic heterocycles. The summed E-state index contributed by atoms with van der Waals surface area (Å²) < 4.78 is 4.68. The van der Waals surface area contributed by atoms with E-state index in [1.165, 1.54) is 0 Å². The van der Waals surface area contributed by atoms with Gasteiger partial charge in [-0.3, -0.25) is 14.5 Å². The lowest BCUT2D eigenvalue weighted by Gasteiger charge is -2.16. The maximum Gasteiger partial charge on any atom is 0.329 e. The molecule has 0 N–H and O–H groups in total. The quantitative estimate of drug-likeness (QED) is 0.558. The smallest absolute Gasteiger partial charge is 0.329 e. The molecule has 0 bridgehead atoms. The molecule has 0 aliphatic carbocycles. The summed E-state index contributed by atoms with van der Waals surface area (Å²) >= 11 is 0.932. The summed E-state index contributed by atoms with van der Waals surface area (Å²) in [6, 6.07) is -0.671. The molecule has 0 radical (unpaired) electrons. The molecule has 0 aromatic rings. The van der Waals surface area contributed by atoms with Crippen LogP contribution in [0.15, 0.2) is 0 Å². The Balaban J connectivity index is 2.19. The van der Waals surface area contributed by atoms with Crippen molar-refractivity contribution < 1.29 is 19.1 Å². The fourth-order valence-electron chi connectivity index (χ4n) is 1.39. The number of ether oxygens (including phenoxy) is 1. The molecule has 2 amide bonds. The molecule has 0 saturated carbocycles. The van der Waals surface area contributed by atoms with Crippen molar-refractivity contribution in [1.82, 2.24) is 4.90 Å². The van der Waals surface area contributed by atoms with E-state index in [1.807, 2.05) is 0 Å². The summed E-state index contributed by atoms with van der Waals surface area (Å²) in [5.74, 6) is -0.620. The molecule has 2 saturated heterocycles. The summed E-state index contributed by atoms with van der Waals surface area (Å²) in [5, 5.41) is -0.339. The van der Waals surface area contributed by atoms with Gasteiger partial charge in [0, 0.05) is 6.42 Å². The Labute approximate surface area is 78.4 Å². The fraction of sp³-hybridized carbons (Fsp3) is 0.571. The van der Waals surface area contributed by atoms with E-state index < -0.39 is 12.0 Å². The van der Waals surface area contributed by atoms with Crippen LogP contribution in [0.5, 0.6) is 0 Å². The number of cyclic esters (lactones) is 1. The summed E-state index contributed by atoms with van der Waals surface area (Å²) in [6.07, 6.45) is 0.427. The second-order valence-electron chi connectivity index (χ2n) is 2.79. The van der Waals surface area contributed by atoms with Crippen molar-refractivity contribution in [3.05, 3.63) is 0 Å². The Bertz CT molecular complexity index is 274. The molecule has 0 spiro atoms. The van der Waals surface area contributed by atoms with Crippen LogP contribution < -0.4 is 0 Å². The fourth-order valence-corrected chi connectivity index (χ4v) is 2.14. The molecule has 2 aliphatic heterocycles. The molecule has 6 heteroatoms. The van der Waals surface area contributed by atoms with Gasteiger partial charge in [0.1, 0.15) is 6.04 Å². The minimum atomic E-state index is -0.671. The zero-order chi connectivity index (χ0) is 9.42. The Morgan fingerprint density at radius 1 is 1.38 bits per heavy atom. The number of imide groups is 1. The van der Waals surface area contributed by atoms with Crippen LogP contribution in [0.25, 0.3) is 0 Å². The highest BCUT2D eigenvalue weighted by Crippen LogP contribution is 2.25. The van der Waals surface area contributed by atoms with Crippen LogP contribution >= 0.6 is 11.8 Å². The molecule has 2 fully saturated rings. The average Bonchev–Trinajstić information content (AvgIpc) is 2.60. The zero-order valence-corrected chi connectivity index (χ0v) is 7.50. The van der Waals surface area contributed by atoms with Gasteiger partial charge in [-0.05, 0) is 0 Å². The first-order chi connectivity index (χ1) is 6.20. The molecule has 2 heterocycles. The number of carbonyl (C=O) groups is 3. The lowest BCUT2D eigenvalue weighted by Crippen LogP contribution is -2.41. The average molecular weight is 201 g/mol. The van der Waals surface area contributed by atoms with E-state index in [9.17, 15) is 14.4 Å². The molecule has 13 heavy (non-hydrogen) atoms. The second-order valence-corrected chi connectivity index (χ2v) is 3.72. The lowest BCUT2D eigenvalue weighted by molar-refractivity contribution is -0.144. The van der Waals surface area contributed by atoms with Gasteiger partial charge in [0.05, 0.1) is 12.4 Å². The standard InChI is InChI=1S/C7H7NO4S/c9-5-3-13-7(11)8(5)4-1-2-12-6(4)10/h4H,1-3H2. The Morgan fingerprint density at radius 2 is 2.15 bits per heavy atom. The zero-order valence-electron chi connectivity index (χ0n) is 6.69. The number of thioether (sulfide) groups is 1. The molecule has 2 aliphatic rings. The number of esters is 1. The summed E-state index contributed by atoms with van der Waals surface area (Å²) in [4.78, 5) is 34.5.